The average molecular weight is 664 g/mol. The summed E-state index contributed by atoms with van der Waals surface area (Å²) >= 11 is 0. The summed E-state index contributed by atoms with van der Waals surface area (Å²) in [4.78, 5) is 2.43. The minimum Gasteiger partial charge on any atom is -0.456 e. The summed E-state index contributed by atoms with van der Waals surface area (Å²) in [7, 11) is 0. The molecule has 244 valence electrons. The van der Waals surface area contributed by atoms with Crippen LogP contribution in [0, 0.1) is 0 Å². The van der Waals surface area contributed by atoms with Crippen molar-refractivity contribution in [1.82, 2.24) is 0 Å². The van der Waals surface area contributed by atoms with E-state index in [0.717, 1.165) is 44.9 Å². The Hall–Kier alpha value is -6.90. The third-order valence-electron chi connectivity index (χ3n) is 10.2. The van der Waals surface area contributed by atoms with Crippen LogP contribution in [0.5, 0.6) is 0 Å². The Labute approximate surface area is 302 Å². The van der Waals surface area contributed by atoms with Crippen LogP contribution >= 0.6 is 0 Å². The number of para-hydroxylation sites is 1. The van der Waals surface area contributed by atoms with E-state index in [1.54, 1.807) is 0 Å². The van der Waals surface area contributed by atoms with Crippen LogP contribution in [0.4, 0.5) is 17.1 Å². The molecule has 0 bridgehead atoms. The summed E-state index contributed by atoms with van der Waals surface area (Å²) < 4.78 is 6.16. The molecule has 1 aromatic heterocycles. The van der Waals surface area contributed by atoms with Gasteiger partial charge in [0, 0.05) is 27.4 Å². The van der Waals surface area contributed by atoms with Crippen molar-refractivity contribution >= 4 is 60.3 Å². The molecule has 52 heavy (non-hydrogen) atoms. The molecule has 2 heteroatoms. The van der Waals surface area contributed by atoms with Gasteiger partial charge in [-0.25, -0.2) is 0 Å². The fourth-order valence-electron chi connectivity index (χ4n) is 7.67. The largest absolute Gasteiger partial charge is 0.456 e. The number of nitrogens with zero attached hydrogens (tertiary/aromatic N) is 1. The summed E-state index contributed by atoms with van der Waals surface area (Å²) in [6.45, 7) is 0. The second-order valence-electron chi connectivity index (χ2n) is 13.3. The lowest BCUT2D eigenvalue weighted by Gasteiger charge is -2.29. The van der Waals surface area contributed by atoms with Crippen molar-refractivity contribution in [2.75, 3.05) is 4.90 Å². The molecule has 1 heterocycles. The Morgan fingerprint density at radius 1 is 0.308 bits per heavy atom. The molecular formula is C50H33NO. The number of hydrogen-bond acceptors (Lipinski definition) is 2. The minimum atomic E-state index is 0.883. The van der Waals surface area contributed by atoms with Crippen molar-refractivity contribution in [3.05, 3.63) is 200 Å². The zero-order valence-corrected chi connectivity index (χ0v) is 28.4. The number of benzene rings is 9. The van der Waals surface area contributed by atoms with Crippen LogP contribution in [0.25, 0.3) is 76.9 Å². The normalized spacial score (nSPS) is 11.5. The molecule has 0 amide bonds. The first-order valence-electron chi connectivity index (χ1n) is 17.8. The predicted molar refractivity (Wildman–Crippen MR) is 220 cm³/mol. The Morgan fingerprint density at radius 3 is 1.63 bits per heavy atom. The van der Waals surface area contributed by atoms with Gasteiger partial charge >= 0.3 is 0 Å². The van der Waals surface area contributed by atoms with E-state index in [-0.39, 0.29) is 0 Å². The number of rotatable bonds is 6. The third kappa shape index (κ3) is 5.21. The second kappa shape index (κ2) is 12.5. The number of fused-ring (bicyclic) bond motifs is 5. The van der Waals surface area contributed by atoms with Gasteiger partial charge in [-0.2, -0.15) is 0 Å². The van der Waals surface area contributed by atoms with Gasteiger partial charge in [0.05, 0.1) is 11.4 Å². The van der Waals surface area contributed by atoms with Crippen molar-refractivity contribution < 1.29 is 4.42 Å². The van der Waals surface area contributed by atoms with Crippen LogP contribution in [0.15, 0.2) is 205 Å². The maximum Gasteiger partial charge on any atom is 0.135 e. The lowest BCUT2D eigenvalue weighted by molar-refractivity contribution is 0.631. The van der Waals surface area contributed by atoms with Crippen LogP contribution in [-0.4, -0.2) is 0 Å². The molecule has 0 saturated carbocycles. The SMILES string of the molecule is c1cc(-c2ccc(-c3ccc(N(c4cccc5ccccc45)c4cc5ccccc5c5ccccc45)cc3)cc2)cc(-c2cc3ccccc3o2)c1. The summed E-state index contributed by atoms with van der Waals surface area (Å²) in [6.07, 6.45) is 0. The highest BCUT2D eigenvalue weighted by Gasteiger charge is 2.19. The van der Waals surface area contributed by atoms with E-state index in [0.29, 0.717) is 0 Å². The zero-order valence-electron chi connectivity index (χ0n) is 28.4. The minimum absolute atomic E-state index is 0.883. The van der Waals surface area contributed by atoms with Gasteiger partial charge in [-0.05, 0) is 86.3 Å². The molecule has 9 aromatic carbocycles. The van der Waals surface area contributed by atoms with Crippen molar-refractivity contribution in [2.24, 2.45) is 0 Å². The summed E-state index contributed by atoms with van der Waals surface area (Å²) in [5.41, 5.74) is 10.1. The maximum absolute atomic E-state index is 6.16. The van der Waals surface area contributed by atoms with Crippen LogP contribution in [0.3, 0.4) is 0 Å². The molecule has 10 aromatic rings. The molecule has 0 aliphatic carbocycles. The average Bonchev–Trinajstić information content (AvgIpc) is 3.66. The van der Waals surface area contributed by atoms with Crippen LogP contribution in [0.2, 0.25) is 0 Å². The zero-order chi connectivity index (χ0) is 34.4. The molecule has 0 atom stereocenters. The van der Waals surface area contributed by atoms with Crippen molar-refractivity contribution in [3.8, 4) is 33.6 Å². The Bertz CT molecular complexity index is 2860. The van der Waals surface area contributed by atoms with Crippen LogP contribution in [0.1, 0.15) is 0 Å². The molecule has 0 unspecified atom stereocenters. The Kier molecular flexibility index (Phi) is 7.18. The third-order valence-corrected chi connectivity index (χ3v) is 10.2. The first-order chi connectivity index (χ1) is 25.8. The molecule has 0 saturated heterocycles. The molecule has 0 fully saturated rings. The highest BCUT2D eigenvalue weighted by atomic mass is 16.3. The van der Waals surface area contributed by atoms with E-state index in [9.17, 15) is 0 Å². The van der Waals surface area contributed by atoms with Gasteiger partial charge in [-0.15, -0.1) is 0 Å². The van der Waals surface area contributed by atoms with Gasteiger partial charge in [-0.1, -0.05) is 158 Å². The molecule has 10 rings (SSSR count). The maximum atomic E-state index is 6.16. The molecule has 0 aliphatic heterocycles. The van der Waals surface area contributed by atoms with Crippen LogP contribution in [-0.2, 0) is 0 Å². The molecule has 0 N–H and O–H groups in total. The van der Waals surface area contributed by atoms with E-state index < -0.39 is 0 Å². The number of anilines is 3. The number of hydrogen-bond donors (Lipinski definition) is 0. The fraction of sp³-hybridized carbons (Fsp3) is 0. The highest BCUT2D eigenvalue weighted by molar-refractivity contribution is 6.15. The topological polar surface area (TPSA) is 16.4 Å². The van der Waals surface area contributed by atoms with E-state index in [1.807, 2.05) is 18.2 Å². The van der Waals surface area contributed by atoms with Gasteiger partial charge in [0.25, 0.3) is 0 Å². The monoisotopic (exact) mass is 663 g/mol. The van der Waals surface area contributed by atoms with Gasteiger partial charge in [0.2, 0.25) is 0 Å². The lowest BCUT2D eigenvalue weighted by Crippen LogP contribution is -2.11. The van der Waals surface area contributed by atoms with Gasteiger partial charge in [0.1, 0.15) is 11.3 Å². The van der Waals surface area contributed by atoms with Crippen LogP contribution < -0.4 is 4.90 Å². The van der Waals surface area contributed by atoms with Gasteiger partial charge in [0.15, 0.2) is 0 Å². The molecule has 0 radical (unpaired) electrons. The summed E-state index contributed by atoms with van der Waals surface area (Å²) in [5.74, 6) is 0.883. The highest BCUT2D eigenvalue weighted by Crippen LogP contribution is 2.44. The van der Waals surface area contributed by atoms with Gasteiger partial charge < -0.3 is 9.32 Å². The van der Waals surface area contributed by atoms with Crippen molar-refractivity contribution in [1.29, 1.82) is 0 Å². The van der Waals surface area contributed by atoms with E-state index in [1.165, 1.54) is 49.0 Å². The van der Waals surface area contributed by atoms with E-state index in [4.69, 9.17) is 4.42 Å². The molecule has 2 nitrogen and oxygen atoms in total. The first kappa shape index (κ1) is 30.0. The fourth-order valence-corrected chi connectivity index (χ4v) is 7.67. The van der Waals surface area contributed by atoms with E-state index >= 15 is 0 Å². The molecule has 0 aliphatic rings. The predicted octanol–water partition coefficient (Wildman–Crippen LogP) is 14.4. The van der Waals surface area contributed by atoms with Gasteiger partial charge in [-0.3, -0.25) is 0 Å². The standard InChI is InChI=1S/C50H33NO/c1-5-18-44-37(11-1)14-10-21-47(44)51(48-32-39-12-2-4-17-43(39)45-19-6-7-20-46(45)48)42-29-27-35(28-30-42)34-23-25-36(26-24-34)38-15-9-16-40(31-38)50-33-41-13-3-8-22-49(41)52-50/h1-33H. The van der Waals surface area contributed by atoms with Crippen molar-refractivity contribution in [2.45, 2.75) is 0 Å². The molecular weight excluding hydrogens is 631 g/mol. The second-order valence-corrected chi connectivity index (χ2v) is 13.3. The van der Waals surface area contributed by atoms with Crippen molar-refractivity contribution in [3.63, 3.8) is 0 Å². The summed E-state index contributed by atoms with van der Waals surface area (Å²) in [6, 6.07) is 71.8. The Morgan fingerprint density at radius 2 is 0.865 bits per heavy atom. The number of furan rings is 1. The summed E-state index contributed by atoms with van der Waals surface area (Å²) in [5, 5.41) is 8.50. The quantitative estimate of drug-likeness (QED) is 0.165. The smallest absolute Gasteiger partial charge is 0.135 e. The van der Waals surface area contributed by atoms with E-state index in [2.05, 4.69) is 187 Å². The Balaban J connectivity index is 1.03. The lowest BCUT2D eigenvalue weighted by atomic mass is 9.97. The first-order valence-corrected chi connectivity index (χ1v) is 17.8. The molecule has 0 spiro atoms.